The number of rotatable bonds is 1. The largest absolute Gasteiger partial charge is 0.393 e. The molecule has 17 heavy (non-hydrogen) atoms. The van der Waals surface area contributed by atoms with E-state index in [-0.39, 0.29) is 17.3 Å². The molecule has 1 aromatic rings. The highest BCUT2D eigenvalue weighted by molar-refractivity contribution is 5.61. The van der Waals surface area contributed by atoms with Gasteiger partial charge < -0.3 is 10.0 Å². The van der Waals surface area contributed by atoms with E-state index >= 15 is 0 Å². The van der Waals surface area contributed by atoms with Crippen LogP contribution < -0.4 is 4.90 Å². The highest BCUT2D eigenvalue weighted by Gasteiger charge is 2.52. The third-order valence-corrected chi connectivity index (χ3v) is 3.81. The number of benzene rings is 1. The molecule has 3 rings (SSSR count). The lowest BCUT2D eigenvalue weighted by Gasteiger charge is -2.58. The molecule has 0 radical (unpaired) electrons. The molecule has 1 saturated carbocycles. The summed E-state index contributed by atoms with van der Waals surface area (Å²) in [7, 11) is 0. The van der Waals surface area contributed by atoms with Crippen LogP contribution in [0.25, 0.3) is 0 Å². The molecule has 1 saturated heterocycles. The van der Waals surface area contributed by atoms with E-state index in [1.165, 1.54) is 12.1 Å². The highest BCUT2D eigenvalue weighted by atomic mass is 19.1. The predicted octanol–water partition coefficient (Wildman–Crippen LogP) is 1.66. The van der Waals surface area contributed by atoms with Crippen LogP contribution in [0.1, 0.15) is 18.4 Å². The number of nitriles is 1. The van der Waals surface area contributed by atoms with Gasteiger partial charge in [0.05, 0.1) is 17.4 Å². The minimum Gasteiger partial charge on any atom is -0.393 e. The van der Waals surface area contributed by atoms with E-state index < -0.39 is 0 Å². The molecule has 3 nitrogen and oxygen atoms in total. The predicted molar refractivity (Wildman–Crippen MR) is 61.0 cm³/mol. The van der Waals surface area contributed by atoms with Crippen molar-refractivity contribution in [2.24, 2.45) is 5.41 Å². The third-order valence-electron chi connectivity index (χ3n) is 3.81. The van der Waals surface area contributed by atoms with Crippen molar-refractivity contribution in [2.45, 2.75) is 18.9 Å². The molecule has 1 spiro atoms. The Morgan fingerprint density at radius 1 is 1.41 bits per heavy atom. The van der Waals surface area contributed by atoms with Crippen LogP contribution in [0.15, 0.2) is 18.2 Å². The number of anilines is 1. The number of aliphatic hydroxyl groups is 1. The van der Waals surface area contributed by atoms with Crippen molar-refractivity contribution < 1.29 is 9.50 Å². The second kappa shape index (κ2) is 3.44. The molecule has 4 heteroatoms. The number of nitrogens with zero attached hydrogens (tertiary/aromatic N) is 2. The summed E-state index contributed by atoms with van der Waals surface area (Å²) in [6.45, 7) is 1.73. The van der Waals surface area contributed by atoms with E-state index in [1.54, 1.807) is 6.07 Å². The van der Waals surface area contributed by atoms with Crippen molar-refractivity contribution in [3.05, 3.63) is 29.6 Å². The molecule has 0 bridgehead atoms. The summed E-state index contributed by atoms with van der Waals surface area (Å²) in [5.41, 5.74) is 1.45. The first-order valence-corrected chi connectivity index (χ1v) is 5.75. The second-order valence-corrected chi connectivity index (χ2v) is 5.19. The van der Waals surface area contributed by atoms with Gasteiger partial charge in [-0.3, -0.25) is 0 Å². The molecule has 0 unspecified atom stereocenters. The lowest BCUT2D eigenvalue weighted by Crippen LogP contribution is -2.64. The lowest BCUT2D eigenvalue weighted by atomic mass is 9.61. The maximum atomic E-state index is 13.0. The Labute approximate surface area is 99.1 Å². The summed E-state index contributed by atoms with van der Waals surface area (Å²) in [5.74, 6) is -0.375. The molecule has 1 heterocycles. The topological polar surface area (TPSA) is 47.3 Å². The Morgan fingerprint density at radius 3 is 2.71 bits per heavy atom. The average Bonchev–Trinajstić information content (AvgIpc) is 2.22. The monoisotopic (exact) mass is 232 g/mol. The SMILES string of the molecule is N#Cc1cc(F)ccc1N1CC2(CC(O)C2)C1. The smallest absolute Gasteiger partial charge is 0.124 e. The standard InChI is InChI=1S/C13H13FN2O/c14-10-1-2-12(9(3-10)6-15)16-7-13(8-16)4-11(17)5-13/h1-3,11,17H,4-5,7-8H2. The van der Waals surface area contributed by atoms with Crippen LogP contribution in [-0.2, 0) is 0 Å². The maximum Gasteiger partial charge on any atom is 0.124 e. The van der Waals surface area contributed by atoms with Gasteiger partial charge in [-0.2, -0.15) is 5.26 Å². The van der Waals surface area contributed by atoms with Gasteiger partial charge in [0, 0.05) is 18.5 Å². The summed E-state index contributed by atoms with van der Waals surface area (Å²) < 4.78 is 13.0. The van der Waals surface area contributed by atoms with Crippen LogP contribution in [0.4, 0.5) is 10.1 Å². The molecule has 0 aromatic heterocycles. The van der Waals surface area contributed by atoms with Crippen LogP contribution in [0, 0.1) is 22.6 Å². The van der Waals surface area contributed by atoms with Crippen molar-refractivity contribution in [3.8, 4) is 6.07 Å². The van der Waals surface area contributed by atoms with Crippen molar-refractivity contribution in [1.82, 2.24) is 0 Å². The Bertz CT molecular complexity index is 495. The van der Waals surface area contributed by atoms with Gasteiger partial charge in [-0.05, 0) is 31.0 Å². The van der Waals surface area contributed by atoms with Crippen LogP contribution >= 0.6 is 0 Å². The van der Waals surface area contributed by atoms with Gasteiger partial charge in [0.25, 0.3) is 0 Å². The molecular weight excluding hydrogens is 219 g/mol. The van der Waals surface area contributed by atoms with E-state index in [9.17, 15) is 9.50 Å². The molecule has 88 valence electrons. The zero-order chi connectivity index (χ0) is 12.0. The molecule has 2 fully saturated rings. The zero-order valence-corrected chi connectivity index (χ0v) is 9.36. The Kier molecular flexibility index (Phi) is 2.14. The van der Waals surface area contributed by atoms with Gasteiger partial charge in [0.15, 0.2) is 0 Å². The fourth-order valence-electron chi connectivity index (χ4n) is 3.01. The molecule has 1 aliphatic carbocycles. The van der Waals surface area contributed by atoms with Gasteiger partial charge in [0.2, 0.25) is 0 Å². The van der Waals surface area contributed by atoms with E-state index in [2.05, 4.69) is 4.90 Å². The van der Waals surface area contributed by atoms with Crippen molar-refractivity contribution in [2.75, 3.05) is 18.0 Å². The fraction of sp³-hybridized carbons (Fsp3) is 0.462. The van der Waals surface area contributed by atoms with Crippen LogP contribution in [0.3, 0.4) is 0 Å². The lowest BCUT2D eigenvalue weighted by molar-refractivity contribution is -0.0491. The highest BCUT2D eigenvalue weighted by Crippen LogP contribution is 2.49. The maximum absolute atomic E-state index is 13.0. The summed E-state index contributed by atoms with van der Waals surface area (Å²) in [6.07, 6.45) is 1.56. The summed E-state index contributed by atoms with van der Waals surface area (Å²) in [5, 5.41) is 18.3. The van der Waals surface area contributed by atoms with E-state index in [0.717, 1.165) is 31.6 Å². The van der Waals surface area contributed by atoms with Gasteiger partial charge in [0.1, 0.15) is 11.9 Å². The van der Waals surface area contributed by atoms with Crippen LogP contribution in [-0.4, -0.2) is 24.3 Å². The van der Waals surface area contributed by atoms with Gasteiger partial charge >= 0.3 is 0 Å². The average molecular weight is 232 g/mol. The Hall–Kier alpha value is -1.60. The van der Waals surface area contributed by atoms with Crippen LogP contribution in [0.5, 0.6) is 0 Å². The summed E-state index contributed by atoms with van der Waals surface area (Å²) in [6, 6.07) is 6.35. The van der Waals surface area contributed by atoms with E-state index in [1.807, 2.05) is 6.07 Å². The number of aliphatic hydroxyl groups excluding tert-OH is 1. The molecular formula is C13H13FN2O. The van der Waals surface area contributed by atoms with E-state index in [0.29, 0.717) is 5.56 Å². The number of halogens is 1. The normalized spacial score (nSPS) is 21.8. The van der Waals surface area contributed by atoms with Crippen molar-refractivity contribution >= 4 is 5.69 Å². The molecule has 1 aliphatic heterocycles. The zero-order valence-electron chi connectivity index (χ0n) is 9.36. The second-order valence-electron chi connectivity index (χ2n) is 5.19. The molecule has 1 aromatic carbocycles. The summed E-state index contributed by atoms with van der Waals surface area (Å²) >= 11 is 0. The number of hydrogen-bond donors (Lipinski definition) is 1. The van der Waals surface area contributed by atoms with Gasteiger partial charge in [-0.1, -0.05) is 0 Å². The molecule has 0 amide bonds. The molecule has 0 atom stereocenters. The quantitative estimate of drug-likeness (QED) is 0.801. The van der Waals surface area contributed by atoms with Gasteiger partial charge in [-0.25, -0.2) is 4.39 Å². The summed E-state index contributed by atoms with van der Waals surface area (Å²) in [4.78, 5) is 2.09. The number of hydrogen-bond acceptors (Lipinski definition) is 3. The van der Waals surface area contributed by atoms with Gasteiger partial charge in [-0.15, -0.1) is 0 Å². The first kappa shape index (κ1) is 10.5. The first-order chi connectivity index (χ1) is 8.12. The minimum absolute atomic E-state index is 0.152. The molecule has 1 N–H and O–H groups in total. The third kappa shape index (κ3) is 1.58. The first-order valence-electron chi connectivity index (χ1n) is 5.75. The fourth-order valence-corrected chi connectivity index (χ4v) is 3.01. The molecule has 2 aliphatic rings. The minimum atomic E-state index is -0.375. The van der Waals surface area contributed by atoms with Crippen molar-refractivity contribution in [3.63, 3.8) is 0 Å². The Morgan fingerprint density at radius 2 is 2.12 bits per heavy atom. The van der Waals surface area contributed by atoms with E-state index in [4.69, 9.17) is 5.26 Å². The van der Waals surface area contributed by atoms with Crippen LogP contribution in [0.2, 0.25) is 0 Å². The Balaban J connectivity index is 1.77. The van der Waals surface area contributed by atoms with Crippen molar-refractivity contribution in [1.29, 1.82) is 5.26 Å².